The van der Waals surface area contributed by atoms with E-state index in [-0.39, 0.29) is 12.8 Å². The standard InChI is InChI=1S/C51H95NO10/c1-3-5-7-9-11-13-15-17-19-21-23-25-27-29-31-33-35-37-39-44(55)50(60)52-42(41-61-51-49(59)48(58)47(57)45(40-53)62-51)46(56)43(54)38-36-34-32-30-28-26-24-22-20-18-16-14-12-10-8-6-4-2/h14,16,22,24,30,32,42-49,51,53-59H,3-13,15,17-21,23,25-29,31,33-41H2,1-2H3,(H,52,60)/b16-14+,24-22+,32-30+. The Morgan fingerprint density at radius 1 is 0.548 bits per heavy atom. The second kappa shape index (κ2) is 40.8. The second-order valence-corrected chi connectivity index (χ2v) is 17.9. The summed E-state index contributed by atoms with van der Waals surface area (Å²) in [7, 11) is 0. The Labute approximate surface area is 377 Å². The quantitative estimate of drug-likeness (QED) is 0.0217. The molecule has 11 nitrogen and oxygen atoms in total. The summed E-state index contributed by atoms with van der Waals surface area (Å²) in [5.74, 6) is -0.711. The topological polar surface area (TPSA) is 189 Å². The van der Waals surface area contributed by atoms with Crippen LogP contribution < -0.4 is 5.32 Å². The molecule has 1 heterocycles. The van der Waals surface area contributed by atoms with Gasteiger partial charge in [-0.3, -0.25) is 4.79 Å². The Hall–Kier alpha value is -1.67. The molecule has 0 aromatic heterocycles. The molecule has 0 saturated carbocycles. The van der Waals surface area contributed by atoms with Gasteiger partial charge >= 0.3 is 0 Å². The lowest BCUT2D eigenvalue weighted by molar-refractivity contribution is -0.303. The van der Waals surface area contributed by atoms with Crippen molar-refractivity contribution < 1.29 is 50.0 Å². The van der Waals surface area contributed by atoms with E-state index in [9.17, 15) is 40.5 Å². The van der Waals surface area contributed by atoms with Crippen LogP contribution >= 0.6 is 0 Å². The van der Waals surface area contributed by atoms with Gasteiger partial charge in [-0.25, -0.2) is 0 Å². The Kier molecular flexibility index (Phi) is 38.4. The van der Waals surface area contributed by atoms with Crippen LogP contribution in [0.15, 0.2) is 36.5 Å². The lowest BCUT2D eigenvalue weighted by Gasteiger charge is -2.40. The van der Waals surface area contributed by atoms with Crippen LogP contribution in [0.4, 0.5) is 0 Å². The van der Waals surface area contributed by atoms with Gasteiger partial charge in [0.05, 0.1) is 25.4 Å². The van der Waals surface area contributed by atoms with Gasteiger partial charge in [0.25, 0.3) is 0 Å². The van der Waals surface area contributed by atoms with Gasteiger partial charge in [0.2, 0.25) is 5.91 Å². The van der Waals surface area contributed by atoms with Crippen molar-refractivity contribution in [1.82, 2.24) is 5.32 Å². The van der Waals surface area contributed by atoms with Gasteiger partial charge in [0.15, 0.2) is 6.29 Å². The largest absolute Gasteiger partial charge is 0.394 e. The highest BCUT2D eigenvalue weighted by Crippen LogP contribution is 2.23. The summed E-state index contributed by atoms with van der Waals surface area (Å²) < 4.78 is 11.1. The van der Waals surface area contributed by atoms with Crippen molar-refractivity contribution in [2.45, 2.75) is 268 Å². The number of allylic oxidation sites excluding steroid dienone is 6. The molecule has 9 unspecified atom stereocenters. The van der Waals surface area contributed by atoms with Crippen molar-refractivity contribution >= 4 is 5.91 Å². The predicted octanol–water partition coefficient (Wildman–Crippen LogP) is 9.17. The summed E-state index contributed by atoms with van der Waals surface area (Å²) in [5.41, 5.74) is 0. The minimum absolute atomic E-state index is 0.242. The van der Waals surface area contributed by atoms with Crippen LogP contribution in [0, 0.1) is 0 Å². The van der Waals surface area contributed by atoms with E-state index in [2.05, 4.69) is 55.6 Å². The molecule has 1 rings (SSSR count). The van der Waals surface area contributed by atoms with E-state index >= 15 is 0 Å². The van der Waals surface area contributed by atoms with Gasteiger partial charge in [-0.05, 0) is 64.2 Å². The van der Waals surface area contributed by atoms with E-state index in [1.165, 1.54) is 122 Å². The maximum atomic E-state index is 13.1. The number of amides is 1. The van der Waals surface area contributed by atoms with Gasteiger partial charge in [-0.15, -0.1) is 0 Å². The van der Waals surface area contributed by atoms with E-state index in [0.717, 1.165) is 44.9 Å². The van der Waals surface area contributed by atoms with E-state index in [4.69, 9.17) is 9.47 Å². The second-order valence-electron chi connectivity index (χ2n) is 17.9. The SMILES string of the molecule is CCCCCC/C=C/CC/C=C/CC/C=C/CCCC(O)C(O)C(COC1OC(CO)C(O)C(O)C1O)NC(=O)C(O)CCCCCCCCCCCCCCCCCCCC. The summed E-state index contributed by atoms with van der Waals surface area (Å²) >= 11 is 0. The third-order valence-corrected chi connectivity index (χ3v) is 12.2. The highest BCUT2D eigenvalue weighted by atomic mass is 16.7. The summed E-state index contributed by atoms with van der Waals surface area (Å²) in [6, 6.07) is -1.19. The summed E-state index contributed by atoms with van der Waals surface area (Å²) in [6.07, 6.45) is 36.2. The van der Waals surface area contributed by atoms with Crippen molar-refractivity contribution in [1.29, 1.82) is 0 Å². The van der Waals surface area contributed by atoms with Gasteiger partial charge in [-0.1, -0.05) is 185 Å². The molecule has 0 spiro atoms. The smallest absolute Gasteiger partial charge is 0.249 e. The third-order valence-electron chi connectivity index (χ3n) is 12.2. The number of hydrogen-bond acceptors (Lipinski definition) is 10. The number of aliphatic hydroxyl groups is 7. The average molecular weight is 882 g/mol. The van der Waals surface area contributed by atoms with Crippen molar-refractivity contribution in [3.05, 3.63) is 36.5 Å². The van der Waals surface area contributed by atoms with E-state index < -0.39 is 74.2 Å². The Bertz CT molecular complexity index is 1100. The van der Waals surface area contributed by atoms with E-state index in [1.54, 1.807) is 0 Å². The molecular weight excluding hydrogens is 787 g/mol. The van der Waals surface area contributed by atoms with Crippen LogP contribution in [0.25, 0.3) is 0 Å². The molecule has 0 aromatic rings. The first-order valence-corrected chi connectivity index (χ1v) is 25.4. The molecule has 8 N–H and O–H groups in total. The van der Waals surface area contributed by atoms with Crippen LogP contribution in [0.1, 0.15) is 213 Å². The summed E-state index contributed by atoms with van der Waals surface area (Å²) in [4.78, 5) is 13.1. The highest BCUT2D eigenvalue weighted by Gasteiger charge is 2.44. The zero-order chi connectivity index (χ0) is 45.5. The molecule has 1 aliphatic rings. The molecule has 0 aromatic carbocycles. The monoisotopic (exact) mass is 882 g/mol. The maximum absolute atomic E-state index is 13.1. The molecule has 1 amide bonds. The van der Waals surface area contributed by atoms with E-state index in [1.807, 2.05) is 0 Å². The molecule has 364 valence electrons. The first-order valence-electron chi connectivity index (χ1n) is 25.4. The van der Waals surface area contributed by atoms with Gasteiger partial charge < -0.3 is 50.5 Å². The van der Waals surface area contributed by atoms with Gasteiger partial charge in [-0.2, -0.15) is 0 Å². The zero-order valence-electron chi connectivity index (χ0n) is 39.4. The summed E-state index contributed by atoms with van der Waals surface area (Å²) in [5, 5.41) is 75.8. The van der Waals surface area contributed by atoms with Crippen LogP contribution in [-0.4, -0.2) is 110 Å². The molecule has 0 bridgehead atoms. The van der Waals surface area contributed by atoms with Crippen LogP contribution in [0.2, 0.25) is 0 Å². The van der Waals surface area contributed by atoms with Gasteiger partial charge in [0, 0.05) is 0 Å². The maximum Gasteiger partial charge on any atom is 0.249 e. The minimum Gasteiger partial charge on any atom is -0.394 e. The predicted molar refractivity (Wildman–Crippen MR) is 252 cm³/mol. The number of carbonyl (C=O) groups excluding carboxylic acids is 1. The third kappa shape index (κ3) is 29.7. The fraction of sp³-hybridized carbons (Fsp3) is 0.863. The lowest BCUT2D eigenvalue weighted by Crippen LogP contribution is -2.60. The number of nitrogens with one attached hydrogen (secondary N) is 1. The first-order chi connectivity index (χ1) is 30.2. The molecule has 1 saturated heterocycles. The van der Waals surface area contributed by atoms with Crippen molar-refractivity contribution in [2.75, 3.05) is 13.2 Å². The number of hydrogen-bond donors (Lipinski definition) is 8. The molecular formula is C51H95NO10. The number of unbranched alkanes of at least 4 members (excludes halogenated alkanes) is 24. The Morgan fingerprint density at radius 2 is 0.968 bits per heavy atom. The van der Waals surface area contributed by atoms with Crippen molar-refractivity contribution in [3.8, 4) is 0 Å². The van der Waals surface area contributed by atoms with Crippen LogP contribution in [0.3, 0.4) is 0 Å². The van der Waals surface area contributed by atoms with Crippen LogP contribution in [-0.2, 0) is 14.3 Å². The molecule has 1 fully saturated rings. The fourth-order valence-corrected chi connectivity index (χ4v) is 7.94. The Morgan fingerprint density at radius 3 is 1.44 bits per heavy atom. The summed E-state index contributed by atoms with van der Waals surface area (Å²) in [6.45, 7) is 3.41. The Balaban J connectivity index is 2.44. The minimum atomic E-state index is -1.67. The first kappa shape index (κ1) is 58.3. The van der Waals surface area contributed by atoms with Crippen molar-refractivity contribution in [2.24, 2.45) is 0 Å². The van der Waals surface area contributed by atoms with Crippen molar-refractivity contribution in [3.63, 3.8) is 0 Å². The van der Waals surface area contributed by atoms with Gasteiger partial charge in [0.1, 0.15) is 36.6 Å². The molecule has 62 heavy (non-hydrogen) atoms. The number of ether oxygens (including phenoxy) is 2. The lowest BCUT2D eigenvalue weighted by atomic mass is 9.98. The van der Waals surface area contributed by atoms with E-state index in [0.29, 0.717) is 19.3 Å². The van der Waals surface area contributed by atoms with Crippen LogP contribution in [0.5, 0.6) is 0 Å². The average Bonchev–Trinajstić information content (AvgIpc) is 3.27. The molecule has 1 aliphatic heterocycles. The number of carbonyl (C=O) groups is 1. The molecule has 0 radical (unpaired) electrons. The molecule has 11 heteroatoms. The molecule has 0 aliphatic carbocycles. The molecule has 9 atom stereocenters. The fourth-order valence-electron chi connectivity index (χ4n) is 7.94. The highest BCUT2D eigenvalue weighted by molar-refractivity contribution is 5.80. The zero-order valence-corrected chi connectivity index (χ0v) is 39.4. The number of aliphatic hydroxyl groups excluding tert-OH is 7. The normalized spacial score (nSPS) is 21.6. The number of rotatable bonds is 42.